The summed E-state index contributed by atoms with van der Waals surface area (Å²) in [6.45, 7) is 4.10. The van der Waals surface area contributed by atoms with Gasteiger partial charge in [-0.2, -0.15) is 0 Å². The largest absolute Gasteiger partial charge is 0.370 e. The van der Waals surface area contributed by atoms with Crippen molar-refractivity contribution >= 4 is 22.7 Å². The topological polar surface area (TPSA) is 107 Å². The van der Waals surface area contributed by atoms with Gasteiger partial charge in [0.05, 0.1) is 16.9 Å². The average Bonchev–Trinajstić information content (AvgIpc) is 2.54. The molecule has 0 aliphatic carbocycles. The minimum atomic E-state index is -0.768. The standard InChI is InChI=1S/C18H22N4O3/c1-10(2)9-13-16-20-12-6-4-3-5-11(12)18(25)22(16)14(17(24)21-13)7-8-15(19)23/h3-6,10,13-14H,7-9H2,1-2H3,(H2,19,23)(H,21,24). The molecule has 3 rings (SSSR count). The van der Waals surface area contributed by atoms with Crippen LogP contribution in [0.2, 0.25) is 0 Å². The molecule has 1 aliphatic heterocycles. The van der Waals surface area contributed by atoms with E-state index in [0.717, 1.165) is 0 Å². The van der Waals surface area contributed by atoms with Gasteiger partial charge in [-0.05, 0) is 30.9 Å². The van der Waals surface area contributed by atoms with E-state index in [-0.39, 0.29) is 30.3 Å². The maximum absolute atomic E-state index is 13.0. The summed E-state index contributed by atoms with van der Waals surface area (Å²) < 4.78 is 1.46. The molecule has 2 heterocycles. The fourth-order valence-corrected chi connectivity index (χ4v) is 3.33. The molecule has 132 valence electrons. The third-order valence-electron chi connectivity index (χ3n) is 4.45. The Bertz CT molecular complexity index is 888. The zero-order valence-electron chi connectivity index (χ0n) is 14.4. The van der Waals surface area contributed by atoms with Crippen molar-refractivity contribution in [3.05, 3.63) is 40.4 Å². The fourth-order valence-electron chi connectivity index (χ4n) is 3.33. The summed E-state index contributed by atoms with van der Waals surface area (Å²) in [6, 6.07) is 6.00. The van der Waals surface area contributed by atoms with Crippen LogP contribution in [0.5, 0.6) is 0 Å². The second-order valence-corrected chi connectivity index (χ2v) is 6.87. The second kappa shape index (κ2) is 6.66. The summed E-state index contributed by atoms with van der Waals surface area (Å²) in [7, 11) is 0. The van der Waals surface area contributed by atoms with Crippen LogP contribution in [0.15, 0.2) is 29.1 Å². The van der Waals surface area contributed by atoms with E-state index < -0.39 is 11.9 Å². The van der Waals surface area contributed by atoms with Gasteiger partial charge in [-0.25, -0.2) is 4.98 Å². The number of primary amides is 1. The number of hydrogen-bond acceptors (Lipinski definition) is 4. The third kappa shape index (κ3) is 3.26. The number of benzene rings is 1. The van der Waals surface area contributed by atoms with Crippen LogP contribution in [0.3, 0.4) is 0 Å². The Balaban J connectivity index is 2.18. The van der Waals surface area contributed by atoms with E-state index in [1.165, 1.54) is 4.57 Å². The van der Waals surface area contributed by atoms with Crippen LogP contribution in [0, 0.1) is 5.92 Å². The van der Waals surface area contributed by atoms with Crippen LogP contribution in [-0.4, -0.2) is 21.4 Å². The van der Waals surface area contributed by atoms with Crippen LogP contribution in [-0.2, 0) is 9.59 Å². The van der Waals surface area contributed by atoms with E-state index in [1.54, 1.807) is 18.2 Å². The van der Waals surface area contributed by atoms with Crippen molar-refractivity contribution in [3.63, 3.8) is 0 Å². The molecule has 2 amide bonds. The molecule has 0 saturated heterocycles. The van der Waals surface area contributed by atoms with Crippen molar-refractivity contribution in [2.75, 3.05) is 0 Å². The Morgan fingerprint density at radius 3 is 2.72 bits per heavy atom. The van der Waals surface area contributed by atoms with Gasteiger partial charge in [0.2, 0.25) is 11.8 Å². The predicted octanol–water partition coefficient (Wildman–Crippen LogP) is 1.42. The minimum absolute atomic E-state index is 0.0334. The van der Waals surface area contributed by atoms with Crippen LogP contribution in [0.4, 0.5) is 0 Å². The number of nitrogens with one attached hydrogen (secondary N) is 1. The molecule has 1 aromatic carbocycles. The van der Waals surface area contributed by atoms with Crippen molar-refractivity contribution in [3.8, 4) is 0 Å². The Morgan fingerprint density at radius 1 is 1.32 bits per heavy atom. The van der Waals surface area contributed by atoms with Gasteiger partial charge in [0.15, 0.2) is 0 Å². The molecule has 25 heavy (non-hydrogen) atoms. The highest BCUT2D eigenvalue weighted by Gasteiger charge is 2.35. The first kappa shape index (κ1) is 17.1. The quantitative estimate of drug-likeness (QED) is 0.857. The van der Waals surface area contributed by atoms with Gasteiger partial charge in [0, 0.05) is 6.42 Å². The summed E-state index contributed by atoms with van der Waals surface area (Å²) in [5.41, 5.74) is 5.58. The third-order valence-corrected chi connectivity index (χ3v) is 4.45. The second-order valence-electron chi connectivity index (χ2n) is 6.87. The van der Waals surface area contributed by atoms with E-state index in [0.29, 0.717) is 29.1 Å². The summed E-state index contributed by atoms with van der Waals surface area (Å²) in [4.78, 5) is 41.4. The molecule has 0 bridgehead atoms. The normalized spacial score (nSPS) is 19.7. The molecule has 3 N–H and O–H groups in total. The fraction of sp³-hybridized carbons (Fsp3) is 0.444. The molecule has 2 atom stereocenters. The van der Waals surface area contributed by atoms with E-state index in [1.807, 2.05) is 6.07 Å². The number of carbonyl (C=O) groups is 2. The van der Waals surface area contributed by atoms with Gasteiger partial charge in [-0.3, -0.25) is 19.0 Å². The summed E-state index contributed by atoms with van der Waals surface area (Å²) in [5.74, 6) is 0.106. The number of aromatic nitrogens is 2. The molecule has 0 spiro atoms. The monoisotopic (exact) mass is 342 g/mol. The van der Waals surface area contributed by atoms with E-state index in [2.05, 4.69) is 24.1 Å². The van der Waals surface area contributed by atoms with Crippen molar-refractivity contribution < 1.29 is 9.59 Å². The van der Waals surface area contributed by atoms with Crippen molar-refractivity contribution in [1.82, 2.24) is 14.9 Å². The van der Waals surface area contributed by atoms with Crippen LogP contribution in [0.1, 0.15) is 51.0 Å². The molecule has 2 unspecified atom stereocenters. The first-order chi connectivity index (χ1) is 11.9. The van der Waals surface area contributed by atoms with E-state index in [4.69, 9.17) is 5.73 Å². The van der Waals surface area contributed by atoms with Gasteiger partial charge in [-0.1, -0.05) is 26.0 Å². The Labute approximate surface area is 145 Å². The molecule has 1 aliphatic rings. The Hall–Kier alpha value is -2.70. The van der Waals surface area contributed by atoms with E-state index in [9.17, 15) is 14.4 Å². The summed E-state index contributed by atoms with van der Waals surface area (Å²) in [5, 5.41) is 3.42. The predicted molar refractivity (Wildman–Crippen MR) is 93.8 cm³/mol. The Kier molecular flexibility index (Phi) is 4.57. The lowest BCUT2D eigenvalue weighted by atomic mass is 9.98. The number of rotatable bonds is 5. The first-order valence-electron chi connectivity index (χ1n) is 8.48. The summed E-state index contributed by atoms with van der Waals surface area (Å²) >= 11 is 0. The van der Waals surface area contributed by atoms with Crippen molar-refractivity contribution in [2.24, 2.45) is 11.7 Å². The molecular formula is C18H22N4O3. The zero-order valence-corrected chi connectivity index (χ0v) is 14.4. The first-order valence-corrected chi connectivity index (χ1v) is 8.48. The number of amides is 2. The zero-order chi connectivity index (χ0) is 18.1. The number of carbonyl (C=O) groups excluding carboxylic acids is 2. The van der Waals surface area contributed by atoms with Gasteiger partial charge in [0.1, 0.15) is 11.9 Å². The SMILES string of the molecule is CC(C)CC1NC(=O)C(CCC(N)=O)n2c1nc1ccccc1c2=O. The van der Waals surface area contributed by atoms with Crippen LogP contribution < -0.4 is 16.6 Å². The van der Waals surface area contributed by atoms with Crippen molar-refractivity contribution in [2.45, 2.75) is 45.2 Å². The van der Waals surface area contributed by atoms with Crippen molar-refractivity contribution in [1.29, 1.82) is 0 Å². The number of hydrogen-bond donors (Lipinski definition) is 2. The minimum Gasteiger partial charge on any atom is -0.370 e. The number of fused-ring (bicyclic) bond motifs is 2. The molecule has 7 heteroatoms. The van der Waals surface area contributed by atoms with Gasteiger partial charge >= 0.3 is 0 Å². The average molecular weight is 342 g/mol. The molecule has 0 fully saturated rings. The number of nitrogens with two attached hydrogens (primary N) is 1. The molecule has 7 nitrogen and oxygen atoms in total. The molecule has 1 aromatic heterocycles. The lowest BCUT2D eigenvalue weighted by Gasteiger charge is -2.33. The maximum atomic E-state index is 13.0. The number of nitrogens with zero attached hydrogens (tertiary/aromatic N) is 2. The highest BCUT2D eigenvalue weighted by molar-refractivity contribution is 5.84. The van der Waals surface area contributed by atoms with Crippen LogP contribution >= 0.6 is 0 Å². The molecule has 0 radical (unpaired) electrons. The number of para-hydroxylation sites is 1. The van der Waals surface area contributed by atoms with E-state index >= 15 is 0 Å². The lowest BCUT2D eigenvalue weighted by molar-refractivity contribution is -0.127. The maximum Gasteiger partial charge on any atom is 0.262 e. The highest BCUT2D eigenvalue weighted by atomic mass is 16.2. The molecule has 0 saturated carbocycles. The van der Waals surface area contributed by atoms with Gasteiger partial charge in [0.25, 0.3) is 5.56 Å². The molecule has 2 aromatic rings. The molecular weight excluding hydrogens is 320 g/mol. The highest BCUT2D eigenvalue weighted by Crippen LogP contribution is 2.29. The van der Waals surface area contributed by atoms with Gasteiger partial charge < -0.3 is 11.1 Å². The lowest BCUT2D eigenvalue weighted by Crippen LogP contribution is -2.48. The smallest absolute Gasteiger partial charge is 0.262 e. The van der Waals surface area contributed by atoms with Crippen LogP contribution in [0.25, 0.3) is 10.9 Å². The van der Waals surface area contributed by atoms with Gasteiger partial charge in [-0.15, -0.1) is 0 Å². The summed E-state index contributed by atoms with van der Waals surface area (Å²) in [6.07, 6.45) is 0.896. The Morgan fingerprint density at radius 2 is 2.04 bits per heavy atom.